The second-order valence-electron chi connectivity index (χ2n) is 5.01. The number of rotatable bonds is 7. The summed E-state index contributed by atoms with van der Waals surface area (Å²) < 4.78 is 27.9. The molecule has 5 nitrogen and oxygen atoms in total. The normalized spacial score (nSPS) is 11.2. The van der Waals surface area contributed by atoms with Gasteiger partial charge in [-0.05, 0) is 48.9 Å². The Labute approximate surface area is 154 Å². The molecular weight excluding hydrogens is 418 g/mol. The first-order valence-electron chi connectivity index (χ1n) is 7.06. The Morgan fingerprint density at radius 2 is 1.83 bits per heavy atom. The number of hydrogen-bond donors (Lipinski definition) is 1. The highest BCUT2D eigenvalue weighted by Crippen LogP contribution is 2.27. The van der Waals surface area contributed by atoms with E-state index < -0.39 is 16.0 Å². The number of carboxylic acid groups (broad SMARTS) is 1. The van der Waals surface area contributed by atoms with Gasteiger partial charge in [-0.2, -0.15) is 0 Å². The lowest BCUT2D eigenvalue weighted by Crippen LogP contribution is -2.32. The summed E-state index contributed by atoms with van der Waals surface area (Å²) in [5.41, 5.74) is 0.399. The van der Waals surface area contributed by atoms with Crippen LogP contribution in [0.4, 0.5) is 5.69 Å². The van der Waals surface area contributed by atoms with E-state index in [-0.39, 0.29) is 24.3 Å². The molecule has 0 unspecified atom stereocenters. The Bertz CT molecular complexity index is 824. The minimum Gasteiger partial charge on any atom is -0.481 e. The van der Waals surface area contributed by atoms with E-state index in [1.54, 1.807) is 36.4 Å². The van der Waals surface area contributed by atoms with E-state index in [1.165, 1.54) is 16.4 Å². The third-order valence-corrected chi connectivity index (χ3v) is 5.85. The molecule has 0 heterocycles. The summed E-state index contributed by atoms with van der Waals surface area (Å²) >= 11 is 9.24. The molecule has 2 aromatic carbocycles. The third kappa shape index (κ3) is 4.72. The Balaban J connectivity index is 2.40. The van der Waals surface area contributed by atoms with Crippen LogP contribution in [0.1, 0.15) is 12.8 Å². The second-order valence-corrected chi connectivity index (χ2v) is 8.22. The molecule has 0 saturated heterocycles. The Morgan fingerprint density at radius 1 is 1.17 bits per heavy atom. The minimum absolute atomic E-state index is 0.0467. The molecule has 1 N–H and O–H groups in total. The first kappa shape index (κ1) is 18.8. The first-order valence-corrected chi connectivity index (χ1v) is 9.67. The molecule has 128 valence electrons. The van der Waals surface area contributed by atoms with Gasteiger partial charge in [-0.15, -0.1) is 0 Å². The average molecular weight is 433 g/mol. The van der Waals surface area contributed by atoms with Crippen LogP contribution in [0.5, 0.6) is 0 Å². The predicted molar refractivity (Wildman–Crippen MR) is 97.0 cm³/mol. The maximum atomic E-state index is 13.0. The van der Waals surface area contributed by atoms with E-state index >= 15 is 0 Å². The molecule has 8 heteroatoms. The van der Waals surface area contributed by atoms with Crippen LogP contribution in [-0.4, -0.2) is 26.0 Å². The average Bonchev–Trinajstić information content (AvgIpc) is 2.51. The monoisotopic (exact) mass is 431 g/mol. The summed E-state index contributed by atoms with van der Waals surface area (Å²) in [6.07, 6.45) is 0.0739. The van der Waals surface area contributed by atoms with Crippen molar-refractivity contribution in [2.24, 2.45) is 0 Å². The standard InChI is InChI=1S/C16H15BrClNO4S/c17-12-6-8-15(9-7-12)24(22,23)19(10-2-5-16(20)21)14-4-1-3-13(18)11-14/h1,3-4,6-9,11H,2,5,10H2,(H,20,21). The van der Waals surface area contributed by atoms with Crippen molar-refractivity contribution in [2.45, 2.75) is 17.7 Å². The van der Waals surface area contributed by atoms with Crippen LogP contribution in [0.2, 0.25) is 5.02 Å². The van der Waals surface area contributed by atoms with Gasteiger partial charge in [0.1, 0.15) is 0 Å². The van der Waals surface area contributed by atoms with Crippen LogP contribution in [-0.2, 0) is 14.8 Å². The number of anilines is 1. The summed E-state index contributed by atoms with van der Waals surface area (Å²) in [5.74, 6) is -0.970. The van der Waals surface area contributed by atoms with Crippen LogP contribution >= 0.6 is 27.5 Å². The SMILES string of the molecule is O=C(O)CCCN(c1cccc(Cl)c1)S(=O)(=O)c1ccc(Br)cc1. The second kappa shape index (κ2) is 8.00. The zero-order valence-corrected chi connectivity index (χ0v) is 15.7. The van der Waals surface area contributed by atoms with Crippen molar-refractivity contribution in [2.75, 3.05) is 10.8 Å². The third-order valence-electron chi connectivity index (χ3n) is 3.25. The largest absolute Gasteiger partial charge is 0.481 e. The van der Waals surface area contributed by atoms with Crippen LogP contribution in [0.3, 0.4) is 0 Å². The Kier molecular flexibility index (Phi) is 6.26. The number of hydrogen-bond acceptors (Lipinski definition) is 3. The molecule has 0 bridgehead atoms. The summed E-state index contributed by atoms with van der Waals surface area (Å²) in [6, 6.07) is 12.7. The first-order chi connectivity index (χ1) is 11.3. The molecule has 0 aromatic heterocycles. The zero-order chi connectivity index (χ0) is 17.7. The Morgan fingerprint density at radius 3 is 2.42 bits per heavy atom. The molecule has 2 aromatic rings. The summed E-state index contributed by atoms with van der Waals surface area (Å²) in [4.78, 5) is 10.9. The minimum atomic E-state index is -3.82. The molecule has 0 aliphatic carbocycles. The maximum absolute atomic E-state index is 13.0. The lowest BCUT2D eigenvalue weighted by atomic mass is 10.3. The van der Waals surface area contributed by atoms with Gasteiger partial charge >= 0.3 is 5.97 Å². The van der Waals surface area contributed by atoms with Crippen molar-refractivity contribution in [1.82, 2.24) is 0 Å². The van der Waals surface area contributed by atoms with Crippen molar-refractivity contribution in [1.29, 1.82) is 0 Å². The molecule has 0 aliphatic rings. The van der Waals surface area contributed by atoms with Crippen molar-refractivity contribution >= 4 is 49.2 Å². The molecule has 0 saturated carbocycles. The topological polar surface area (TPSA) is 74.7 Å². The van der Waals surface area contributed by atoms with Gasteiger partial charge in [0.25, 0.3) is 10.0 Å². The van der Waals surface area contributed by atoms with E-state index in [0.29, 0.717) is 10.7 Å². The van der Waals surface area contributed by atoms with Crippen molar-refractivity contribution in [3.05, 3.63) is 58.0 Å². The number of benzene rings is 2. The van der Waals surface area contributed by atoms with E-state index in [4.69, 9.17) is 16.7 Å². The van der Waals surface area contributed by atoms with Crippen molar-refractivity contribution in [3.8, 4) is 0 Å². The molecular formula is C16H15BrClNO4S. The van der Waals surface area contributed by atoms with Gasteiger partial charge in [-0.1, -0.05) is 33.6 Å². The lowest BCUT2D eigenvalue weighted by Gasteiger charge is -2.24. The van der Waals surface area contributed by atoms with Crippen LogP contribution in [0.15, 0.2) is 57.9 Å². The van der Waals surface area contributed by atoms with Gasteiger partial charge in [-0.25, -0.2) is 8.42 Å². The highest BCUT2D eigenvalue weighted by atomic mass is 79.9. The van der Waals surface area contributed by atoms with Gasteiger partial charge in [0, 0.05) is 22.5 Å². The summed E-state index contributed by atoms with van der Waals surface area (Å²) in [7, 11) is -3.82. The lowest BCUT2D eigenvalue weighted by molar-refractivity contribution is -0.137. The van der Waals surface area contributed by atoms with Crippen molar-refractivity contribution in [3.63, 3.8) is 0 Å². The predicted octanol–water partition coefficient (Wildman–Crippen LogP) is 4.16. The van der Waals surface area contributed by atoms with Crippen LogP contribution < -0.4 is 4.31 Å². The number of carboxylic acids is 1. The molecule has 0 spiro atoms. The van der Waals surface area contributed by atoms with Gasteiger partial charge in [-0.3, -0.25) is 9.10 Å². The van der Waals surface area contributed by atoms with Gasteiger partial charge in [0.15, 0.2) is 0 Å². The van der Waals surface area contributed by atoms with Crippen LogP contribution in [0.25, 0.3) is 0 Å². The maximum Gasteiger partial charge on any atom is 0.303 e. The zero-order valence-electron chi connectivity index (χ0n) is 12.5. The van der Waals surface area contributed by atoms with Crippen molar-refractivity contribution < 1.29 is 18.3 Å². The summed E-state index contributed by atoms with van der Waals surface area (Å²) in [6.45, 7) is 0.0467. The number of halogens is 2. The highest BCUT2D eigenvalue weighted by molar-refractivity contribution is 9.10. The quantitative estimate of drug-likeness (QED) is 0.713. The molecule has 24 heavy (non-hydrogen) atoms. The van der Waals surface area contributed by atoms with Gasteiger partial charge in [0.05, 0.1) is 10.6 Å². The molecule has 0 amide bonds. The Hall–Kier alpha value is -1.57. The number of sulfonamides is 1. The fourth-order valence-corrected chi connectivity index (χ4v) is 4.07. The fraction of sp³-hybridized carbons (Fsp3) is 0.188. The van der Waals surface area contributed by atoms with E-state index in [9.17, 15) is 13.2 Å². The van der Waals surface area contributed by atoms with Gasteiger partial charge in [0.2, 0.25) is 0 Å². The fourth-order valence-electron chi connectivity index (χ4n) is 2.13. The number of aliphatic carboxylic acids is 1. The smallest absolute Gasteiger partial charge is 0.303 e. The van der Waals surface area contributed by atoms with E-state index in [2.05, 4.69) is 15.9 Å². The number of nitrogens with zero attached hydrogens (tertiary/aromatic N) is 1. The van der Waals surface area contributed by atoms with E-state index in [1.807, 2.05) is 0 Å². The summed E-state index contributed by atoms with van der Waals surface area (Å²) in [5, 5.41) is 9.20. The molecule has 0 radical (unpaired) electrons. The molecule has 0 fully saturated rings. The highest BCUT2D eigenvalue weighted by Gasteiger charge is 2.25. The van der Waals surface area contributed by atoms with Gasteiger partial charge < -0.3 is 5.11 Å². The molecule has 2 rings (SSSR count). The van der Waals surface area contributed by atoms with Crippen LogP contribution in [0, 0.1) is 0 Å². The molecule has 0 atom stereocenters. The number of carbonyl (C=O) groups is 1. The molecule has 0 aliphatic heterocycles. The van der Waals surface area contributed by atoms with E-state index in [0.717, 1.165) is 4.47 Å².